The van der Waals surface area contributed by atoms with Gasteiger partial charge in [-0.25, -0.2) is 15.0 Å². The summed E-state index contributed by atoms with van der Waals surface area (Å²) < 4.78 is 53.7. The zero-order chi connectivity index (χ0) is 37.8. The number of fused-ring (bicyclic) bond motifs is 9. The standard InChI is InChI=1S/C45H26N4OS/c1-2-11-27(12-3-1)43-46-44(28-21-24-41-34(25-28)32-15-6-9-20-40(32)51-41)48-45(47-43)33-16-10-19-39-42(33)35-26-29(22-23-38(35)50-39)49-36-17-7-4-13-30(36)31-14-5-8-18-37(31)49/h1-26H/i1D,2D,3D,11D,12D. The molecule has 0 aliphatic rings. The molecule has 0 spiro atoms. The smallest absolute Gasteiger partial charge is 0.164 e. The Balaban J connectivity index is 1.18. The first-order valence-electron chi connectivity index (χ1n) is 19.0. The summed E-state index contributed by atoms with van der Waals surface area (Å²) in [6.45, 7) is 0. The van der Waals surface area contributed by atoms with Gasteiger partial charge in [0.05, 0.1) is 17.9 Å². The molecule has 0 fully saturated rings. The summed E-state index contributed by atoms with van der Waals surface area (Å²) >= 11 is 1.70. The van der Waals surface area contributed by atoms with Gasteiger partial charge in [-0.05, 0) is 60.7 Å². The molecular formula is C45H26N4OS. The van der Waals surface area contributed by atoms with Gasteiger partial charge in [-0.1, -0.05) is 96.9 Å². The van der Waals surface area contributed by atoms with Gasteiger partial charge in [0.15, 0.2) is 17.5 Å². The first kappa shape index (κ1) is 23.7. The highest BCUT2D eigenvalue weighted by Crippen LogP contribution is 2.40. The van der Waals surface area contributed by atoms with Crippen LogP contribution >= 0.6 is 11.3 Å². The fourth-order valence-corrected chi connectivity index (χ4v) is 8.39. The molecule has 0 atom stereocenters. The van der Waals surface area contributed by atoms with Crippen LogP contribution in [0, 0.1) is 0 Å². The molecule has 11 aromatic rings. The molecule has 51 heavy (non-hydrogen) atoms. The minimum Gasteiger partial charge on any atom is -0.456 e. The summed E-state index contributed by atoms with van der Waals surface area (Å²) in [5.74, 6) is 0.570. The van der Waals surface area contributed by atoms with Crippen molar-refractivity contribution in [2.45, 2.75) is 0 Å². The van der Waals surface area contributed by atoms with Crippen molar-refractivity contribution in [3.8, 4) is 39.9 Å². The molecule has 0 bridgehead atoms. The predicted octanol–water partition coefficient (Wildman–Crippen LogP) is 12.2. The van der Waals surface area contributed by atoms with E-state index in [9.17, 15) is 0 Å². The van der Waals surface area contributed by atoms with Crippen LogP contribution < -0.4 is 0 Å². The number of nitrogens with zero attached hydrogens (tertiary/aromatic N) is 4. The van der Waals surface area contributed by atoms with Crippen LogP contribution in [0.1, 0.15) is 6.85 Å². The van der Waals surface area contributed by atoms with E-state index >= 15 is 0 Å². The van der Waals surface area contributed by atoms with Crippen LogP contribution in [0.5, 0.6) is 0 Å². The average molecular weight is 676 g/mol. The molecule has 4 aromatic heterocycles. The third kappa shape index (κ3) is 4.37. The quantitative estimate of drug-likeness (QED) is 0.186. The lowest BCUT2D eigenvalue weighted by atomic mass is 10.0. The number of hydrogen-bond acceptors (Lipinski definition) is 5. The van der Waals surface area contributed by atoms with E-state index in [1.54, 1.807) is 11.3 Å². The number of aromatic nitrogens is 4. The van der Waals surface area contributed by atoms with Crippen LogP contribution in [0.4, 0.5) is 0 Å². The Morgan fingerprint density at radius 1 is 0.510 bits per heavy atom. The molecule has 0 unspecified atom stereocenters. The van der Waals surface area contributed by atoms with E-state index in [1.165, 1.54) is 0 Å². The van der Waals surface area contributed by atoms with Gasteiger partial charge in [0, 0.05) is 64.1 Å². The first-order chi connectivity index (χ1) is 27.3. The van der Waals surface area contributed by atoms with Gasteiger partial charge in [0.2, 0.25) is 0 Å². The van der Waals surface area contributed by atoms with Gasteiger partial charge < -0.3 is 8.98 Å². The molecule has 7 aromatic carbocycles. The second-order valence-electron chi connectivity index (χ2n) is 12.4. The van der Waals surface area contributed by atoms with Crippen molar-refractivity contribution >= 4 is 75.3 Å². The summed E-state index contributed by atoms with van der Waals surface area (Å²) in [6, 6.07) is 40.7. The molecule has 0 aliphatic carbocycles. The molecule has 11 rings (SSSR count). The van der Waals surface area contributed by atoms with Crippen LogP contribution in [0.2, 0.25) is 0 Å². The molecule has 0 radical (unpaired) electrons. The summed E-state index contributed by atoms with van der Waals surface area (Å²) in [5, 5.41) is 6.12. The van der Waals surface area contributed by atoms with E-state index in [-0.39, 0.29) is 29.3 Å². The lowest BCUT2D eigenvalue weighted by molar-refractivity contribution is 0.669. The average Bonchev–Trinajstić information content (AvgIpc) is 3.91. The molecule has 0 saturated heterocycles. The topological polar surface area (TPSA) is 56.7 Å². The lowest BCUT2D eigenvalue weighted by Gasteiger charge is -2.10. The predicted molar refractivity (Wildman–Crippen MR) is 211 cm³/mol. The van der Waals surface area contributed by atoms with Crippen molar-refractivity contribution in [2.75, 3.05) is 0 Å². The van der Waals surface area contributed by atoms with Gasteiger partial charge in [0.25, 0.3) is 0 Å². The van der Waals surface area contributed by atoms with Crippen LogP contribution in [-0.4, -0.2) is 19.5 Å². The Hall–Kier alpha value is -6.63. The Bertz CT molecular complexity index is 3380. The minimum absolute atomic E-state index is 0.0203. The second kappa shape index (κ2) is 10.9. The normalized spacial score (nSPS) is 13.3. The number of hydrogen-bond donors (Lipinski definition) is 0. The van der Waals surface area contributed by atoms with Crippen LogP contribution in [-0.2, 0) is 0 Å². The molecule has 0 aliphatic heterocycles. The summed E-state index contributed by atoms with van der Waals surface area (Å²) in [4.78, 5) is 14.8. The van der Waals surface area contributed by atoms with E-state index in [1.807, 2.05) is 66.7 Å². The minimum atomic E-state index is -0.485. The number of rotatable bonds is 4. The van der Waals surface area contributed by atoms with Crippen molar-refractivity contribution < 1.29 is 11.3 Å². The zero-order valence-electron chi connectivity index (χ0n) is 31.7. The summed E-state index contributed by atoms with van der Waals surface area (Å²) in [6.07, 6.45) is 0. The van der Waals surface area contributed by atoms with Crippen molar-refractivity contribution in [3.63, 3.8) is 0 Å². The molecule has 0 amide bonds. The zero-order valence-corrected chi connectivity index (χ0v) is 27.5. The van der Waals surface area contributed by atoms with Crippen molar-refractivity contribution in [1.29, 1.82) is 0 Å². The molecule has 0 saturated carbocycles. The van der Waals surface area contributed by atoms with Crippen molar-refractivity contribution in [2.24, 2.45) is 0 Å². The van der Waals surface area contributed by atoms with E-state index in [0.717, 1.165) is 58.4 Å². The summed E-state index contributed by atoms with van der Waals surface area (Å²) in [7, 11) is 0. The highest BCUT2D eigenvalue weighted by Gasteiger charge is 2.20. The van der Waals surface area contributed by atoms with E-state index in [0.29, 0.717) is 28.1 Å². The molecule has 5 nitrogen and oxygen atoms in total. The fraction of sp³-hybridized carbons (Fsp3) is 0. The molecular weight excluding hydrogens is 645 g/mol. The van der Waals surface area contributed by atoms with Gasteiger partial charge in [-0.15, -0.1) is 11.3 Å². The number of para-hydroxylation sites is 2. The Kier molecular flexibility index (Phi) is 5.08. The van der Waals surface area contributed by atoms with Crippen molar-refractivity contribution in [3.05, 3.63) is 158 Å². The van der Waals surface area contributed by atoms with Crippen LogP contribution in [0.25, 0.3) is 104 Å². The molecule has 238 valence electrons. The van der Waals surface area contributed by atoms with Gasteiger partial charge in [-0.2, -0.15) is 0 Å². The van der Waals surface area contributed by atoms with Crippen LogP contribution in [0.3, 0.4) is 0 Å². The first-order valence-corrected chi connectivity index (χ1v) is 17.3. The third-order valence-electron chi connectivity index (χ3n) is 9.55. The number of benzene rings is 7. The molecule has 4 heterocycles. The van der Waals surface area contributed by atoms with E-state index in [4.69, 9.17) is 26.2 Å². The number of thiophene rings is 1. The Morgan fingerprint density at radius 2 is 1.20 bits per heavy atom. The number of furan rings is 1. The monoisotopic (exact) mass is 675 g/mol. The van der Waals surface area contributed by atoms with E-state index in [2.05, 4.69) is 65.2 Å². The highest BCUT2D eigenvalue weighted by atomic mass is 32.1. The van der Waals surface area contributed by atoms with E-state index < -0.39 is 18.1 Å². The highest BCUT2D eigenvalue weighted by molar-refractivity contribution is 7.25. The maximum atomic E-state index is 8.83. The molecule has 0 N–H and O–H groups in total. The SMILES string of the molecule is [2H]c1c([2H])c([2H])c(-c2nc(-c3ccc4sc5ccccc5c4c3)nc(-c3cccc4oc5ccc(-n6c7ccccc7c7ccccc76)cc5c34)n2)c([2H])c1[2H]. The maximum absolute atomic E-state index is 8.83. The molecule has 6 heteroatoms. The second-order valence-corrected chi connectivity index (χ2v) is 13.5. The maximum Gasteiger partial charge on any atom is 0.164 e. The Labute approximate surface area is 302 Å². The Morgan fingerprint density at radius 3 is 2.00 bits per heavy atom. The largest absolute Gasteiger partial charge is 0.456 e. The van der Waals surface area contributed by atoms with Gasteiger partial charge in [-0.3, -0.25) is 0 Å². The van der Waals surface area contributed by atoms with Gasteiger partial charge >= 0.3 is 0 Å². The van der Waals surface area contributed by atoms with Crippen molar-refractivity contribution in [1.82, 2.24) is 19.5 Å². The third-order valence-corrected chi connectivity index (χ3v) is 10.7. The van der Waals surface area contributed by atoms with Gasteiger partial charge in [0.1, 0.15) is 11.2 Å². The summed E-state index contributed by atoms with van der Waals surface area (Å²) in [5.41, 5.74) is 5.71. The lowest BCUT2D eigenvalue weighted by Crippen LogP contribution is -2.00. The van der Waals surface area contributed by atoms with Crippen LogP contribution in [0.15, 0.2) is 162 Å². The fourth-order valence-electron chi connectivity index (χ4n) is 7.31.